The summed E-state index contributed by atoms with van der Waals surface area (Å²) < 4.78 is 5.15. The van der Waals surface area contributed by atoms with E-state index in [1.165, 1.54) is 18.5 Å². The lowest BCUT2D eigenvalue weighted by molar-refractivity contribution is -0.156. The van der Waals surface area contributed by atoms with Crippen LogP contribution in [-0.2, 0) is 9.53 Å². The molecular formula is C12H17N3O3. The minimum atomic E-state index is -0.718. The third-order valence-electron chi connectivity index (χ3n) is 1.95. The zero-order chi connectivity index (χ0) is 13.8. The smallest absolute Gasteiger partial charge is 0.328 e. The molecule has 0 aliphatic carbocycles. The molecule has 0 saturated heterocycles. The van der Waals surface area contributed by atoms with E-state index in [1.54, 1.807) is 27.7 Å². The molecule has 1 amide bonds. The molecule has 0 unspecified atom stereocenters. The van der Waals surface area contributed by atoms with Crippen molar-refractivity contribution in [3.8, 4) is 0 Å². The summed E-state index contributed by atoms with van der Waals surface area (Å²) in [6.45, 7) is 6.88. The molecule has 0 bridgehead atoms. The lowest BCUT2D eigenvalue weighted by Crippen LogP contribution is -2.42. The molecule has 6 nitrogen and oxygen atoms in total. The van der Waals surface area contributed by atoms with Gasteiger partial charge >= 0.3 is 5.97 Å². The number of carbonyl (C=O) groups is 2. The molecule has 0 saturated carbocycles. The third-order valence-corrected chi connectivity index (χ3v) is 1.95. The monoisotopic (exact) mass is 251 g/mol. The Morgan fingerprint density at radius 2 is 2.00 bits per heavy atom. The van der Waals surface area contributed by atoms with E-state index in [0.29, 0.717) is 5.56 Å². The number of hydrogen-bond donors (Lipinski definition) is 1. The zero-order valence-corrected chi connectivity index (χ0v) is 10.9. The molecule has 0 fully saturated rings. The average molecular weight is 251 g/mol. The Kier molecular flexibility index (Phi) is 4.36. The summed E-state index contributed by atoms with van der Waals surface area (Å²) in [6, 6.07) is 0.800. The summed E-state index contributed by atoms with van der Waals surface area (Å²) >= 11 is 0. The highest BCUT2D eigenvalue weighted by Crippen LogP contribution is 2.08. The Morgan fingerprint density at radius 3 is 2.50 bits per heavy atom. The predicted molar refractivity (Wildman–Crippen MR) is 64.8 cm³/mol. The van der Waals surface area contributed by atoms with Crippen molar-refractivity contribution in [1.29, 1.82) is 0 Å². The van der Waals surface area contributed by atoms with Gasteiger partial charge in [-0.05, 0) is 33.8 Å². The largest absolute Gasteiger partial charge is 0.458 e. The van der Waals surface area contributed by atoms with Crippen LogP contribution in [0.15, 0.2) is 18.5 Å². The molecule has 1 aromatic heterocycles. The maximum atomic E-state index is 11.7. The molecule has 0 radical (unpaired) electrons. The van der Waals surface area contributed by atoms with E-state index in [1.807, 2.05) is 0 Å². The van der Waals surface area contributed by atoms with Crippen LogP contribution in [0.4, 0.5) is 0 Å². The Morgan fingerprint density at radius 1 is 1.33 bits per heavy atom. The zero-order valence-electron chi connectivity index (χ0n) is 10.9. The summed E-state index contributed by atoms with van der Waals surface area (Å²) in [7, 11) is 0. The first-order valence-electron chi connectivity index (χ1n) is 5.60. The molecule has 1 heterocycles. The van der Waals surface area contributed by atoms with Crippen molar-refractivity contribution >= 4 is 11.9 Å². The van der Waals surface area contributed by atoms with Crippen LogP contribution < -0.4 is 5.32 Å². The van der Waals surface area contributed by atoms with Crippen molar-refractivity contribution < 1.29 is 14.3 Å². The molecular weight excluding hydrogens is 234 g/mol. The number of esters is 1. The third kappa shape index (κ3) is 4.48. The summed E-state index contributed by atoms with van der Waals surface area (Å²) in [6.07, 6.45) is 2.74. The second-order valence-electron chi connectivity index (χ2n) is 4.86. The van der Waals surface area contributed by atoms with Gasteiger partial charge < -0.3 is 10.1 Å². The Bertz CT molecular complexity index is 426. The van der Waals surface area contributed by atoms with Crippen LogP contribution in [0.5, 0.6) is 0 Å². The first kappa shape index (κ1) is 14.1. The molecule has 1 atom stereocenters. The van der Waals surface area contributed by atoms with E-state index in [2.05, 4.69) is 15.5 Å². The maximum absolute atomic E-state index is 11.7. The molecule has 0 aromatic carbocycles. The molecule has 98 valence electrons. The normalized spacial score (nSPS) is 12.7. The van der Waals surface area contributed by atoms with Crippen molar-refractivity contribution in [2.75, 3.05) is 0 Å². The molecule has 6 heteroatoms. The fourth-order valence-electron chi connectivity index (χ4n) is 1.15. The minimum absolute atomic E-state index is 0.348. The number of nitrogens with one attached hydrogen (secondary N) is 1. The lowest BCUT2D eigenvalue weighted by atomic mass is 10.2. The highest BCUT2D eigenvalue weighted by Gasteiger charge is 2.23. The highest BCUT2D eigenvalue weighted by atomic mass is 16.6. The number of amides is 1. The van der Waals surface area contributed by atoms with Gasteiger partial charge in [0.2, 0.25) is 0 Å². The van der Waals surface area contributed by atoms with Gasteiger partial charge in [-0.15, -0.1) is 0 Å². The van der Waals surface area contributed by atoms with E-state index in [0.717, 1.165) is 0 Å². The number of aromatic nitrogens is 2. The van der Waals surface area contributed by atoms with Gasteiger partial charge in [-0.3, -0.25) is 4.79 Å². The second kappa shape index (κ2) is 5.57. The van der Waals surface area contributed by atoms with Crippen LogP contribution in [0.1, 0.15) is 38.1 Å². The van der Waals surface area contributed by atoms with Gasteiger partial charge in [0.1, 0.15) is 11.6 Å². The molecule has 0 aliphatic heterocycles. The predicted octanol–water partition coefficient (Wildman–Crippen LogP) is 0.937. The van der Waals surface area contributed by atoms with Gasteiger partial charge in [0.25, 0.3) is 5.91 Å². The molecule has 0 aliphatic rings. The van der Waals surface area contributed by atoms with Crippen molar-refractivity contribution in [2.24, 2.45) is 0 Å². The molecule has 1 N–H and O–H groups in total. The average Bonchev–Trinajstić information content (AvgIpc) is 2.27. The van der Waals surface area contributed by atoms with Crippen LogP contribution in [0.2, 0.25) is 0 Å². The standard InChI is InChI=1S/C12H17N3O3/c1-8(11(17)18-12(2,3)4)15-10(16)9-5-6-13-14-7-9/h5-8H,1-4H3,(H,15,16)/t8-/m0/s1. The van der Waals surface area contributed by atoms with Crippen molar-refractivity contribution in [1.82, 2.24) is 15.5 Å². The molecule has 1 rings (SSSR count). The molecule has 18 heavy (non-hydrogen) atoms. The Balaban J connectivity index is 2.58. The topological polar surface area (TPSA) is 81.2 Å². The lowest BCUT2D eigenvalue weighted by Gasteiger charge is -2.22. The summed E-state index contributed by atoms with van der Waals surface area (Å²) in [5.74, 6) is -0.860. The van der Waals surface area contributed by atoms with Crippen molar-refractivity contribution in [3.63, 3.8) is 0 Å². The van der Waals surface area contributed by atoms with Gasteiger partial charge in [0, 0.05) is 0 Å². The van der Waals surface area contributed by atoms with E-state index in [-0.39, 0.29) is 5.91 Å². The number of ether oxygens (including phenoxy) is 1. The summed E-state index contributed by atoms with van der Waals surface area (Å²) in [5, 5.41) is 9.70. The minimum Gasteiger partial charge on any atom is -0.458 e. The fraction of sp³-hybridized carbons (Fsp3) is 0.500. The van der Waals surface area contributed by atoms with Crippen LogP contribution in [-0.4, -0.2) is 33.7 Å². The van der Waals surface area contributed by atoms with Gasteiger partial charge in [0.15, 0.2) is 0 Å². The Hall–Kier alpha value is -1.98. The summed E-state index contributed by atoms with van der Waals surface area (Å²) in [5.41, 5.74) is -0.228. The van der Waals surface area contributed by atoms with Crippen LogP contribution in [0, 0.1) is 0 Å². The van der Waals surface area contributed by atoms with E-state index >= 15 is 0 Å². The van der Waals surface area contributed by atoms with E-state index in [4.69, 9.17) is 4.74 Å². The number of nitrogens with zero attached hydrogens (tertiary/aromatic N) is 2. The van der Waals surface area contributed by atoms with E-state index < -0.39 is 17.6 Å². The SMILES string of the molecule is C[C@H](NC(=O)c1ccnnc1)C(=O)OC(C)(C)C. The van der Waals surface area contributed by atoms with Gasteiger partial charge in [-0.2, -0.15) is 10.2 Å². The summed E-state index contributed by atoms with van der Waals surface area (Å²) in [4.78, 5) is 23.4. The number of carbonyl (C=O) groups excluding carboxylic acids is 2. The number of rotatable bonds is 3. The first-order valence-corrected chi connectivity index (χ1v) is 5.60. The van der Waals surface area contributed by atoms with Crippen LogP contribution in [0.3, 0.4) is 0 Å². The molecule has 1 aromatic rings. The van der Waals surface area contributed by atoms with Gasteiger partial charge in [-0.1, -0.05) is 0 Å². The van der Waals surface area contributed by atoms with E-state index in [9.17, 15) is 9.59 Å². The number of hydrogen-bond acceptors (Lipinski definition) is 5. The van der Waals surface area contributed by atoms with Crippen LogP contribution in [0.25, 0.3) is 0 Å². The van der Waals surface area contributed by atoms with Crippen LogP contribution >= 0.6 is 0 Å². The van der Waals surface area contributed by atoms with Gasteiger partial charge in [-0.25, -0.2) is 4.79 Å². The fourth-order valence-corrected chi connectivity index (χ4v) is 1.15. The second-order valence-corrected chi connectivity index (χ2v) is 4.86. The first-order chi connectivity index (χ1) is 8.29. The molecule has 0 spiro atoms. The Labute approximate surface area is 106 Å². The van der Waals surface area contributed by atoms with Gasteiger partial charge in [0.05, 0.1) is 18.0 Å². The van der Waals surface area contributed by atoms with Crippen molar-refractivity contribution in [2.45, 2.75) is 39.3 Å². The quantitative estimate of drug-likeness (QED) is 0.808. The van der Waals surface area contributed by atoms with Crippen molar-refractivity contribution in [3.05, 3.63) is 24.0 Å². The highest BCUT2D eigenvalue weighted by molar-refractivity contribution is 5.96. The maximum Gasteiger partial charge on any atom is 0.328 e.